The molecule has 1 aromatic heterocycles. The molecule has 1 aliphatic heterocycles. The van der Waals surface area contributed by atoms with E-state index >= 15 is 0 Å². The second-order valence-electron chi connectivity index (χ2n) is 7.03. The molecule has 2 heterocycles. The van der Waals surface area contributed by atoms with Crippen LogP contribution in [0.1, 0.15) is 24.0 Å². The van der Waals surface area contributed by atoms with Crippen molar-refractivity contribution < 1.29 is 9.14 Å². The Labute approximate surface area is 159 Å². The molecule has 0 atom stereocenters. The number of guanidine groups is 1. The van der Waals surface area contributed by atoms with Crippen LogP contribution in [-0.4, -0.2) is 34.4 Å². The van der Waals surface area contributed by atoms with Crippen LogP contribution in [0.3, 0.4) is 0 Å². The molecule has 0 radical (unpaired) electrons. The van der Waals surface area contributed by atoms with Crippen LogP contribution in [0, 0.1) is 0 Å². The number of nitrogens with zero attached hydrogens (tertiary/aromatic N) is 4. The molecule has 1 fully saturated rings. The van der Waals surface area contributed by atoms with Crippen molar-refractivity contribution in [3.63, 3.8) is 0 Å². The van der Waals surface area contributed by atoms with E-state index in [2.05, 4.69) is 86.1 Å². The lowest BCUT2D eigenvalue weighted by Crippen LogP contribution is -2.37. The van der Waals surface area contributed by atoms with Crippen LogP contribution in [0.2, 0.25) is 0 Å². The van der Waals surface area contributed by atoms with Gasteiger partial charge in [-0.15, -0.1) is 5.10 Å². The second kappa shape index (κ2) is 7.61. The zero-order valence-corrected chi connectivity index (χ0v) is 15.7. The molecule has 0 amide bonds. The highest BCUT2D eigenvalue weighted by Crippen LogP contribution is 2.13. The lowest BCUT2D eigenvalue weighted by Gasteiger charge is -2.01. The maximum atomic E-state index is 6.01. The highest BCUT2D eigenvalue weighted by atomic mass is 15.4. The minimum Gasteiger partial charge on any atom is -0.289 e. The summed E-state index contributed by atoms with van der Waals surface area (Å²) < 4.78 is 6.55. The number of hydrogen-bond acceptors (Lipinski definition) is 1. The number of nitrogens with one attached hydrogen (secondary N) is 1. The average molecular weight is 362 g/mol. The molecule has 4 rings (SSSR count). The number of nitrogens with two attached hydrogens (primary N) is 1. The van der Waals surface area contributed by atoms with Gasteiger partial charge in [-0.3, -0.25) is 10.3 Å². The fourth-order valence-corrected chi connectivity index (χ4v) is 3.57. The van der Waals surface area contributed by atoms with Gasteiger partial charge in [0.25, 0.3) is 0 Å². The van der Waals surface area contributed by atoms with Crippen LogP contribution in [0.15, 0.2) is 60.0 Å². The number of imidazole rings is 1. The SMILES string of the molecule is C[n+]1cn(Cc2ccc(/C=N\NC(N)=[N+]3CCCC3)cc2)c2ccccc21. The van der Waals surface area contributed by atoms with Gasteiger partial charge in [0.2, 0.25) is 6.33 Å². The number of benzene rings is 2. The monoisotopic (exact) mass is 362 g/mol. The number of rotatable bonds is 4. The van der Waals surface area contributed by atoms with E-state index in [0.29, 0.717) is 5.96 Å². The molecule has 6 heteroatoms. The van der Waals surface area contributed by atoms with E-state index in [1.807, 2.05) is 0 Å². The van der Waals surface area contributed by atoms with Crippen molar-refractivity contribution in [1.29, 1.82) is 0 Å². The topological polar surface area (TPSA) is 62.2 Å². The Balaban J connectivity index is 1.43. The number of aryl methyl sites for hydroxylation is 1. The van der Waals surface area contributed by atoms with Crippen molar-refractivity contribution in [2.24, 2.45) is 17.9 Å². The summed E-state index contributed by atoms with van der Waals surface area (Å²) in [6.45, 7) is 2.86. The molecule has 0 aliphatic carbocycles. The van der Waals surface area contributed by atoms with Crippen LogP contribution in [-0.2, 0) is 13.6 Å². The summed E-state index contributed by atoms with van der Waals surface area (Å²) >= 11 is 0. The number of para-hydroxylation sites is 2. The van der Waals surface area contributed by atoms with Gasteiger partial charge in [0.15, 0.2) is 11.0 Å². The van der Waals surface area contributed by atoms with Crippen LogP contribution >= 0.6 is 0 Å². The minimum absolute atomic E-state index is 0.632. The Hall–Kier alpha value is -3.15. The summed E-state index contributed by atoms with van der Waals surface area (Å²) in [5, 5.41) is 4.26. The Kier molecular flexibility index (Phi) is 4.87. The van der Waals surface area contributed by atoms with Gasteiger partial charge in [-0.25, -0.2) is 9.13 Å². The highest BCUT2D eigenvalue weighted by Gasteiger charge is 2.13. The Morgan fingerprint density at radius 3 is 2.67 bits per heavy atom. The molecule has 27 heavy (non-hydrogen) atoms. The molecule has 2 aromatic carbocycles. The van der Waals surface area contributed by atoms with Crippen molar-refractivity contribution in [3.8, 4) is 0 Å². The van der Waals surface area contributed by atoms with Crippen molar-refractivity contribution in [2.45, 2.75) is 19.4 Å². The number of fused-ring (bicyclic) bond motifs is 1. The van der Waals surface area contributed by atoms with E-state index in [1.165, 1.54) is 29.4 Å². The van der Waals surface area contributed by atoms with Gasteiger partial charge in [-0.1, -0.05) is 36.4 Å². The predicted molar refractivity (Wildman–Crippen MR) is 108 cm³/mol. The van der Waals surface area contributed by atoms with Gasteiger partial charge < -0.3 is 0 Å². The molecule has 1 aliphatic rings. The smallest absolute Gasteiger partial charge is 0.289 e. The summed E-state index contributed by atoms with van der Waals surface area (Å²) in [6.07, 6.45) is 6.34. The number of hydrazone groups is 1. The Morgan fingerprint density at radius 1 is 1.15 bits per heavy atom. The molecular weight excluding hydrogens is 336 g/mol. The van der Waals surface area contributed by atoms with Gasteiger partial charge >= 0.3 is 5.96 Å². The summed E-state index contributed by atoms with van der Waals surface area (Å²) in [7, 11) is 2.08. The largest absolute Gasteiger partial charge is 0.367 e. The van der Waals surface area contributed by atoms with Gasteiger partial charge in [0.1, 0.15) is 6.54 Å². The number of hydrogen-bond donors (Lipinski definition) is 2. The maximum Gasteiger partial charge on any atom is 0.367 e. The molecular formula is C21H26N6+2. The van der Waals surface area contributed by atoms with E-state index in [-0.39, 0.29) is 0 Å². The molecule has 138 valence electrons. The summed E-state index contributed by atoms with van der Waals surface area (Å²) in [4.78, 5) is 0. The lowest BCUT2D eigenvalue weighted by molar-refractivity contribution is -0.645. The van der Waals surface area contributed by atoms with Gasteiger partial charge in [-0.05, 0) is 36.1 Å². The van der Waals surface area contributed by atoms with E-state index in [0.717, 1.165) is 25.2 Å². The minimum atomic E-state index is 0.632. The van der Waals surface area contributed by atoms with Crippen molar-refractivity contribution in [3.05, 3.63) is 66.0 Å². The Bertz CT molecular complexity index is 989. The average Bonchev–Trinajstić information content (AvgIpc) is 3.33. The first kappa shape index (κ1) is 17.3. The van der Waals surface area contributed by atoms with E-state index in [9.17, 15) is 0 Å². The van der Waals surface area contributed by atoms with E-state index in [4.69, 9.17) is 5.73 Å². The fourth-order valence-electron chi connectivity index (χ4n) is 3.57. The first-order valence-electron chi connectivity index (χ1n) is 9.39. The highest BCUT2D eigenvalue weighted by molar-refractivity contribution is 5.81. The molecule has 6 nitrogen and oxygen atoms in total. The fraction of sp³-hybridized carbons (Fsp3) is 0.286. The molecule has 1 saturated heterocycles. The third-order valence-electron chi connectivity index (χ3n) is 5.06. The zero-order valence-electron chi connectivity index (χ0n) is 15.7. The van der Waals surface area contributed by atoms with Gasteiger partial charge in [0.05, 0.1) is 26.4 Å². The van der Waals surface area contributed by atoms with Crippen LogP contribution in [0.5, 0.6) is 0 Å². The number of aromatic nitrogens is 2. The van der Waals surface area contributed by atoms with Crippen molar-refractivity contribution >= 4 is 23.2 Å². The van der Waals surface area contributed by atoms with Crippen molar-refractivity contribution in [1.82, 2.24) is 9.99 Å². The molecule has 0 bridgehead atoms. The van der Waals surface area contributed by atoms with Gasteiger partial charge in [0, 0.05) is 0 Å². The summed E-state index contributed by atoms with van der Waals surface area (Å²) in [5.74, 6) is 0.632. The molecule has 3 aromatic rings. The third-order valence-corrected chi connectivity index (χ3v) is 5.06. The Morgan fingerprint density at radius 2 is 1.89 bits per heavy atom. The molecule has 3 N–H and O–H groups in total. The molecule has 0 spiro atoms. The summed E-state index contributed by atoms with van der Waals surface area (Å²) in [6, 6.07) is 16.9. The first-order valence-corrected chi connectivity index (χ1v) is 9.39. The second-order valence-corrected chi connectivity index (χ2v) is 7.03. The third kappa shape index (κ3) is 3.84. The quantitative estimate of drug-likeness (QED) is 0.320. The van der Waals surface area contributed by atoms with E-state index in [1.54, 1.807) is 6.21 Å². The molecule has 0 unspecified atom stereocenters. The normalized spacial score (nSPS) is 14.3. The van der Waals surface area contributed by atoms with Crippen molar-refractivity contribution in [2.75, 3.05) is 13.1 Å². The van der Waals surface area contributed by atoms with Crippen LogP contribution < -0.4 is 15.7 Å². The van der Waals surface area contributed by atoms with Crippen LogP contribution in [0.25, 0.3) is 11.0 Å². The zero-order chi connectivity index (χ0) is 18.6. The standard InChI is InChI=1S/C21H25N6/c1-25-16-27(20-7-3-2-6-19(20)25)15-18-10-8-17(9-11-18)14-23-24-21(22)26-12-4-5-13-26/h2-3,6-11,14,16H,4-5,12-13,15H2,1H3,(H2,22,24)/q+1/p+1/b23-14-. The first-order chi connectivity index (χ1) is 13.2. The summed E-state index contributed by atoms with van der Waals surface area (Å²) in [5.41, 5.74) is 13.7. The van der Waals surface area contributed by atoms with Gasteiger partial charge in [-0.2, -0.15) is 5.43 Å². The lowest BCUT2D eigenvalue weighted by atomic mass is 10.1. The maximum absolute atomic E-state index is 6.01. The predicted octanol–water partition coefficient (Wildman–Crippen LogP) is 1.56. The van der Waals surface area contributed by atoms with Crippen LogP contribution in [0.4, 0.5) is 0 Å². The molecule has 0 saturated carbocycles. The van der Waals surface area contributed by atoms with E-state index < -0.39 is 0 Å².